The van der Waals surface area contributed by atoms with E-state index in [9.17, 15) is 0 Å². The van der Waals surface area contributed by atoms with Crippen LogP contribution in [0.2, 0.25) is 0 Å². The Morgan fingerprint density at radius 2 is 1.14 bits per heavy atom. The maximum atomic E-state index is 2.20. The molecular formula is C19H29ClN2. The van der Waals surface area contributed by atoms with Gasteiger partial charge in [0.1, 0.15) is 6.54 Å². The minimum absolute atomic E-state index is 0. The third-order valence-corrected chi connectivity index (χ3v) is 2.84. The number of quaternary nitrogens is 1. The second kappa shape index (κ2) is 10.4. The molecule has 0 heterocycles. The van der Waals surface area contributed by atoms with Crippen LogP contribution in [0.5, 0.6) is 0 Å². The van der Waals surface area contributed by atoms with Crippen molar-refractivity contribution in [2.24, 2.45) is 0 Å². The van der Waals surface area contributed by atoms with Crippen molar-refractivity contribution in [3.63, 3.8) is 0 Å². The zero-order valence-electron chi connectivity index (χ0n) is 14.5. The number of benzene rings is 2. The molecule has 22 heavy (non-hydrogen) atoms. The molecule has 122 valence electrons. The molecule has 2 nitrogen and oxygen atoms in total. The summed E-state index contributed by atoms with van der Waals surface area (Å²) in [4.78, 5) is 2.16. The maximum absolute atomic E-state index is 2.20. The molecule has 0 N–H and O–H groups in total. The minimum Gasteiger partial charge on any atom is -1.00 e. The van der Waals surface area contributed by atoms with Gasteiger partial charge >= 0.3 is 0 Å². The molecule has 0 aromatic heterocycles. The Bertz CT molecular complexity index is 490. The fourth-order valence-corrected chi connectivity index (χ4v) is 2.08. The summed E-state index contributed by atoms with van der Waals surface area (Å²) in [6, 6.07) is 21.0. The normalized spacial score (nSPS) is 10.5. The minimum atomic E-state index is 0. The molecule has 2 aromatic rings. The van der Waals surface area contributed by atoms with E-state index in [2.05, 4.69) is 94.7 Å². The molecule has 0 bridgehead atoms. The van der Waals surface area contributed by atoms with E-state index in [4.69, 9.17) is 0 Å². The smallest absolute Gasteiger partial charge is 0.104 e. The topological polar surface area (TPSA) is 3.24 Å². The molecule has 0 saturated heterocycles. The molecule has 0 aliphatic heterocycles. The van der Waals surface area contributed by atoms with Gasteiger partial charge in [-0.1, -0.05) is 60.7 Å². The molecular weight excluding hydrogens is 292 g/mol. The first-order valence-electron chi connectivity index (χ1n) is 7.40. The van der Waals surface area contributed by atoms with E-state index in [1.54, 1.807) is 0 Å². The first-order chi connectivity index (χ1) is 9.87. The van der Waals surface area contributed by atoms with E-state index in [0.717, 1.165) is 17.6 Å². The van der Waals surface area contributed by atoms with Crippen LogP contribution in [-0.2, 0) is 13.1 Å². The molecule has 0 saturated carbocycles. The van der Waals surface area contributed by atoms with Crippen LogP contribution >= 0.6 is 0 Å². The van der Waals surface area contributed by atoms with Crippen LogP contribution in [0.25, 0.3) is 0 Å². The summed E-state index contributed by atoms with van der Waals surface area (Å²) in [7, 11) is 10.8. The van der Waals surface area contributed by atoms with Crippen LogP contribution in [0.15, 0.2) is 60.7 Å². The zero-order chi connectivity index (χ0) is 15.7. The summed E-state index contributed by atoms with van der Waals surface area (Å²) >= 11 is 0. The Hall–Kier alpha value is -1.35. The van der Waals surface area contributed by atoms with E-state index in [1.165, 1.54) is 11.1 Å². The first kappa shape index (κ1) is 20.6. The van der Waals surface area contributed by atoms with Crippen molar-refractivity contribution in [2.75, 3.05) is 35.2 Å². The maximum Gasteiger partial charge on any atom is 0.104 e. The Balaban J connectivity index is 0.000000385. The Morgan fingerprint density at radius 1 is 0.727 bits per heavy atom. The number of hydrogen-bond acceptors (Lipinski definition) is 1. The second-order valence-electron chi connectivity index (χ2n) is 6.66. The van der Waals surface area contributed by atoms with Crippen molar-refractivity contribution < 1.29 is 16.9 Å². The van der Waals surface area contributed by atoms with Crippen molar-refractivity contribution in [2.45, 2.75) is 13.1 Å². The standard InChI is InChI=1S/C10H16N.C9H13N.ClH/c1-11(2,3)9-10-7-5-4-6-8-10;1-10(2)8-9-6-4-3-5-7-9;/h4-8H,9H2,1-3H3;3-7H,8H2,1-2H3;1H/q+1;;/p-1. The first-order valence-corrected chi connectivity index (χ1v) is 7.40. The third kappa shape index (κ3) is 10.4. The van der Waals surface area contributed by atoms with Gasteiger partial charge in [-0.2, -0.15) is 0 Å². The van der Waals surface area contributed by atoms with Crippen LogP contribution in [0.3, 0.4) is 0 Å². The highest BCUT2D eigenvalue weighted by atomic mass is 35.5. The van der Waals surface area contributed by atoms with Gasteiger partial charge in [0.25, 0.3) is 0 Å². The average molecular weight is 321 g/mol. The summed E-state index contributed by atoms with van der Waals surface area (Å²) in [5.41, 5.74) is 2.77. The van der Waals surface area contributed by atoms with E-state index in [-0.39, 0.29) is 12.4 Å². The molecule has 0 fully saturated rings. The molecule has 0 atom stereocenters. The van der Waals surface area contributed by atoms with Gasteiger partial charge in [-0.3, -0.25) is 0 Å². The lowest BCUT2D eigenvalue weighted by atomic mass is 10.2. The molecule has 0 aliphatic rings. The zero-order valence-corrected chi connectivity index (χ0v) is 15.2. The highest BCUT2D eigenvalue weighted by Gasteiger charge is 2.06. The molecule has 3 heteroatoms. The predicted molar refractivity (Wildman–Crippen MR) is 92.0 cm³/mol. The van der Waals surface area contributed by atoms with E-state index >= 15 is 0 Å². The van der Waals surface area contributed by atoms with Crippen molar-refractivity contribution in [1.82, 2.24) is 4.90 Å². The molecule has 0 unspecified atom stereocenters. The summed E-state index contributed by atoms with van der Waals surface area (Å²) < 4.78 is 0.990. The predicted octanol–water partition coefficient (Wildman–Crippen LogP) is 0.645. The lowest BCUT2D eigenvalue weighted by molar-refractivity contribution is -0.884. The van der Waals surface area contributed by atoms with E-state index in [0.29, 0.717) is 0 Å². The Kier molecular flexibility index (Phi) is 9.75. The molecule has 0 radical (unpaired) electrons. The molecule has 0 aliphatic carbocycles. The summed E-state index contributed by atoms with van der Waals surface area (Å²) in [6.07, 6.45) is 0. The summed E-state index contributed by atoms with van der Waals surface area (Å²) in [5.74, 6) is 0. The lowest BCUT2D eigenvalue weighted by Crippen LogP contribution is -3.00. The Labute approximate surface area is 142 Å². The molecule has 0 spiro atoms. The van der Waals surface area contributed by atoms with Crippen molar-refractivity contribution in [1.29, 1.82) is 0 Å². The quantitative estimate of drug-likeness (QED) is 0.748. The van der Waals surface area contributed by atoms with Crippen molar-refractivity contribution in [3.8, 4) is 0 Å². The van der Waals surface area contributed by atoms with Crippen molar-refractivity contribution in [3.05, 3.63) is 71.8 Å². The number of hydrogen-bond donors (Lipinski definition) is 0. The van der Waals surface area contributed by atoms with Crippen LogP contribution in [0.4, 0.5) is 0 Å². The van der Waals surface area contributed by atoms with Gasteiger partial charge in [-0.05, 0) is 19.7 Å². The van der Waals surface area contributed by atoms with Crippen molar-refractivity contribution >= 4 is 0 Å². The lowest BCUT2D eigenvalue weighted by Gasteiger charge is -2.23. The highest BCUT2D eigenvalue weighted by molar-refractivity contribution is 5.14. The summed E-state index contributed by atoms with van der Waals surface area (Å²) in [5, 5.41) is 0. The summed E-state index contributed by atoms with van der Waals surface area (Å²) in [6.45, 7) is 2.13. The average Bonchev–Trinajstić information content (AvgIpc) is 2.39. The van der Waals surface area contributed by atoms with Crippen LogP contribution in [0, 0.1) is 0 Å². The van der Waals surface area contributed by atoms with Gasteiger partial charge < -0.3 is 21.8 Å². The van der Waals surface area contributed by atoms with Gasteiger partial charge in [-0.25, -0.2) is 0 Å². The SMILES string of the molecule is CN(C)Cc1ccccc1.C[N+](C)(C)Cc1ccccc1.[Cl-]. The van der Waals surface area contributed by atoms with Gasteiger partial charge in [0, 0.05) is 12.1 Å². The fraction of sp³-hybridized carbons (Fsp3) is 0.368. The number of nitrogens with zero attached hydrogens (tertiary/aromatic N) is 2. The molecule has 0 amide bonds. The fourth-order valence-electron chi connectivity index (χ4n) is 2.08. The highest BCUT2D eigenvalue weighted by Crippen LogP contribution is 2.05. The van der Waals surface area contributed by atoms with Gasteiger partial charge in [0.05, 0.1) is 21.1 Å². The van der Waals surface area contributed by atoms with Gasteiger partial charge in [0.2, 0.25) is 0 Å². The van der Waals surface area contributed by atoms with Crippen LogP contribution in [-0.4, -0.2) is 44.6 Å². The monoisotopic (exact) mass is 320 g/mol. The second-order valence-corrected chi connectivity index (χ2v) is 6.66. The van der Waals surface area contributed by atoms with Crippen LogP contribution in [0.1, 0.15) is 11.1 Å². The largest absolute Gasteiger partial charge is 1.00 e. The van der Waals surface area contributed by atoms with E-state index in [1.807, 2.05) is 6.07 Å². The van der Waals surface area contributed by atoms with Gasteiger partial charge in [0.15, 0.2) is 0 Å². The van der Waals surface area contributed by atoms with E-state index < -0.39 is 0 Å². The number of rotatable bonds is 4. The molecule has 2 rings (SSSR count). The van der Waals surface area contributed by atoms with Crippen LogP contribution < -0.4 is 12.4 Å². The Morgan fingerprint density at radius 3 is 1.50 bits per heavy atom. The third-order valence-electron chi connectivity index (χ3n) is 2.84. The molecule has 2 aromatic carbocycles. The van der Waals surface area contributed by atoms with Gasteiger partial charge in [-0.15, -0.1) is 0 Å². The number of halogens is 1.